The molecule has 0 saturated carbocycles. The van der Waals surface area contributed by atoms with E-state index in [1.165, 1.54) is 5.56 Å². The Morgan fingerprint density at radius 3 is 2.43 bits per heavy atom. The maximum atomic E-state index is 12.2. The summed E-state index contributed by atoms with van der Waals surface area (Å²) in [5.74, 6) is 0.750. The molecule has 4 rings (SSSR count). The number of benzene rings is 3. The lowest BCUT2D eigenvalue weighted by Gasteiger charge is -2.09. The molecule has 30 heavy (non-hydrogen) atoms. The van der Waals surface area contributed by atoms with E-state index in [4.69, 9.17) is 16.6 Å². The topological polar surface area (TPSA) is 67.2 Å². The first kappa shape index (κ1) is 19.8. The summed E-state index contributed by atoms with van der Waals surface area (Å²) < 4.78 is 5.90. The Labute approximate surface area is 180 Å². The Balaban J connectivity index is 1.44. The van der Waals surface area contributed by atoms with Crippen molar-refractivity contribution in [2.24, 2.45) is 0 Å². The second kappa shape index (κ2) is 8.47. The molecule has 0 radical (unpaired) electrons. The maximum Gasteiger partial charge on any atom is 0.257 e. The minimum Gasteiger partial charge on any atom is -0.436 e. The van der Waals surface area contributed by atoms with Gasteiger partial charge in [-0.05, 0) is 72.2 Å². The molecule has 150 valence electrons. The van der Waals surface area contributed by atoms with E-state index in [1.807, 2.05) is 36.4 Å². The fourth-order valence-corrected chi connectivity index (χ4v) is 3.26. The van der Waals surface area contributed by atoms with Crippen LogP contribution in [0.4, 0.5) is 5.69 Å². The van der Waals surface area contributed by atoms with Crippen molar-refractivity contribution in [3.8, 4) is 11.5 Å². The van der Waals surface area contributed by atoms with Crippen molar-refractivity contribution in [3.05, 3.63) is 83.9 Å². The zero-order chi connectivity index (χ0) is 21.1. The summed E-state index contributed by atoms with van der Waals surface area (Å²) in [4.78, 5) is 16.8. The van der Waals surface area contributed by atoms with Crippen LogP contribution >= 0.6 is 12.2 Å². The van der Waals surface area contributed by atoms with Gasteiger partial charge in [0.2, 0.25) is 5.89 Å². The molecular weight excluding hydrogens is 394 g/mol. The van der Waals surface area contributed by atoms with E-state index in [9.17, 15) is 4.79 Å². The van der Waals surface area contributed by atoms with Gasteiger partial charge in [0.25, 0.3) is 5.91 Å². The first-order valence-corrected chi connectivity index (χ1v) is 10.1. The van der Waals surface area contributed by atoms with E-state index in [0.717, 1.165) is 22.4 Å². The van der Waals surface area contributed by atoms with Gasteiger partial charge in [-0.2, -0.15) is 0 Å². The highest BCUT2D eigenvalue weighted by atomic mass is 32.1. The third-order valence-electron chi connectivity index (χ3n) is 4.73. The normalized spacial score (nSPS) is 10.9. The van der Waals surface area contributed by atoms with Crippen LogP contribution in [0.1, 0.15) is 35.7 Å². The van der Waals surface area contributed by atoms with Gasteiger partial charge in [-0.25, -0.2) is 4.98 Å². The molecule has 0 fully saturated rings. The lowest BCUT2D eigenvalue weighted by Crippen LogP contribution is -2.34. The number of rotatable bonds is 4. The van der Waals surface area contributed by atoms with Crippen molar-refractivity contribution in [1.29, 1.82) is 0 Å². The third-order valence-corrected chi connectivity index (χ3v) is 4.94. The molecule has 0 saturated heterocycles. The monoisotopic (exact) mass is 415 g/mol. The maximum absolute atomic E-state index is 12.2. The van der Waals surface area contributed by atoms with Crippen LogP contribution in [0.3, 0.4) is 0 Å². The molecule has 3 aromatic carbocycles. The molecule has 0 atom stereocenters. The largest absolute Gasteiger partial charge is 0.436 e. The average Bonchev–Trinajstić information content (AvgIpc) is 3.18. The molecule has 0 aliphatic carbocycles. The fraction of sp³-hybridized carbons (Fsp3) is 0.125. The Bertz CT molecular complexity index is 1200. The molecule has 1 aromatic heterocycles. The fourth-order valence-electron chi connectivity index (χ4n) is 3.05. The van der Waals surface area contributed by atoms with E-state index in [2.05, 4.69) is 41.6 Å². The average molecular weight is 416 g/mol. The molecule has 2 N–H and O–H groups in total. The lowest BCUT2D eigenvalue weighted by atomic mass is 10.0. The molecule has 0 aliphatic heterocycles. The molecule has 6 heteroatoms. The van der Waals surface area contributed by atoms with Gasteiger partial charge in [0.05, 0.1) is 0 Å². The van der Waals surface area contributed by atoms with Crippen LogP contribution in [0.2, 0.25) is 0 Å². The molecule has 0 spiro atoms. The van der Waals surface area contributed by atoms with E-state index < -0.39 is 0 Å². The van der Waals surface area contributed by atoms with Crippen LogP contribution in [-0.2, 0) is 0 Å². The smallest absolute Gasteiger partial charge is 0.257 e. The Morgan fingerprint density at radius 1 is 1.00 bits per heavy atom. The van der Waals surface area contributed by atoms with E-state index in [-0.39, 0.29) is 11.0 Å². The number of carbonyl (C=O) groups excluding carboxylic acids is 1. The van der Waals surface area contributed by atoms with Crippen LogP contribution in [0, 0.1) is 0 Å². The summed E-state index contributed by atoms with van der Waals surface area (Å²) in [5.41, 5.74) is 5.02. The van der Waals surface area contributed by atoms with Gasteiger partial charge in [-0.15, -0.1) is 0 Å². The highest BCUT2D eigenvalue weighted by Crippen LogP contribution is 2.27. The summed E-state index contributed by atoms with van der Waals surface area (Å²) in [6.07, 6.45) is 0. The molecular formula is C24H21N3O2S. The summed E-state index contributed by atoms with van der Waals surface area (Å²) in [6, 6.07) is 22.6. The lowest BCUT2D eigenvalue weighted by molar-refractivity contribution is 0.0977. The number of nitrogens with one attached hydrogen (secondary N) is 2. The van der Waals surface area contributed by atoms with Gasteiger partial charge in [0.15, 0.2) is 10.7 Å². The predicted octanol–water partition coefficient (Wildman–Crippen LogP) is 5.75. The summed E-state index contributed by atoms with van der Waals surface area (Å²) in [7, 11) is 0. The molecule has 0 aliphatic rings. The van der Waals surface area contributed by atoms with Gasteiger partial charge in [0, 0.05) is 16.8 Å². The number of hydrogen-bond donors (Lipinski definition) is 2. The first-order valence-electron chi connectivity index (χ1n) is 9.68. The molecule has 5 nitrogen and oxygen atoms in total. The number of thiocarbonyl (C=S) groups is 1. The Hall–Kier alpha value is -3.51. The minimum atomic E-state index is -0.253. The quantitative estimate of drug-likeness (QED) is 0.416. The SMILES string of the molecule is CC(C)c1ccc2oc(-c3ccc(NC(=S)NC(=O)c4ccccc4)cc3)nc2c1. The number of hydrogen-bond acceptors (Lipinski definition) is 4. The molecule has 0 bridgehead atoms. The van der Waals surface area contributed by atoms with Crippen LogP contribution in [0.25, 0.3) is 22.6 Å². The molecule has 0 unspecified atom stereocenters. The third kappa shape index (κ3) is 4.39. The number of amides is 1. The minimum absolute atomic E-state index is 0.236. The highest BCUT2D eigenvalue weighted by Gasteiger charge is 2.11. The predicted molar refractivity (Wildman–Crippen MR) is 124 cm³/mol. The summed E-state index contributed by atoms with van der Waals surface area (Å²) >= 11 is 5.24. The standard InChI is InChI=1S/C24H21N3O2S/c1-15(2)18-10-13-21-20(14-18)26-23(29-21)17-8-11-19(12-9-17)25-24(30)27-22(28)16-6-4-3-5-7-16/h3-15H,1-2H3,(H2,25,27,28,30). The van der Waals surface area contributed by atoms with Gasteiger partial charge >= 0.3 is 0 Å². The van der Waals surface area contributed by atoms with Crippen molar-refractivity contribution in [2.45, 2.75) is 19.8 Å². The van der Waals surface area contributed by atoms with Gasteiger partial charge < -0.3 is 9.73 Å². The van der Waals surface area contributed by atoms with Crippen LogP contribution in [-0.4, -0.2) is 16.0 Å². The zero-order valence-corrected chi connectivity index (χ0v) is 17.5. The number of aromatic nitrogens is 1. The van der Waals surface area contributed by atoms with Crippen molar-refractivity contribution in [3.63, 3.8) is 0 Å². The van der Waals surface area contributed by atoms with Crippen LogP contribution in [0.5, 0.6) is 0 Å². The van der Waals surface area contributed by atoms with Gasteiger partial charge in [-0.3, -0.25) is 10.1 Å². The summed E-state index contributed by atoms with van der Waals surface area (Å²) in [5, 5.41) is 5.93. The Morgan fingerprint density at radius 2 is 1.73 bits per heavy atom. The second-order valence-electron chi connectivity index (χ2n) is 7.25. The van der Waals surface area contributed by atoms with Crippen LogP contribution in [0.15, 0.2) is 77.2 Å². The number of fused-ring (bicyclic) bond motifs is 1. The van der Waals surface area contributed by atoms with E-state index >= 15 is 0 Å². The van der Waals surface area contributed by atoms with Crippen molar-refractivity contribution in [2.75, 3.05) is 5.32 Å². The second-order valence-corrected chi connectivity index (χ2v) is 7.66. The number of carbonyl (C=O) groups is 1. The molecule has 1 amide bonds. The summed E-state index contributed by atoms with van der Waals surface area (Å²) in [6.45, 7) is 4.31. The van der Waals surface area contributed by atoms with Crippen molar-refractivity contribution >= 4 is 40.0 Å². The van der Waals surface area contributed by atoms with Crippen LogP contribution < -0.4 is 10.6 Å². The van der Waals surface area contributed by atoms with Gasteiger partial charge in [0.1, 0.15) is 5.52 Å². The molecule has 4 aromatic rings. The number of oxazole rings is 1. The zero-order valence-electron chi connectivity index (χ0n) is 16.7. The first-order chi connectivity index (χ1) is 14.5. The van der Waals surface area contributed by atoms with Crippen molar-refractivity contribution < 1.29 is 9.21 Å². The Kier molecular flexibility index (Phi) is 5.59. The van der Waals surface area contributed by atoms with Crippen molar-refractivity contribution in [1.82, 2.24) is 10.3 Å². The number of anilines is 1. The highest BCUT2D eigenvalue weighted by molar-refractivity contribution is 7.80. The van der Waals surface area contributed by atoms with E-state index in [0.29, 0.717) is 17.4 Å². The molecule has 1 heterocycles. The van der Waals surface area contributed by atoms with E-state index in [1.54, 1.807) is 24.3 Å². The van der Waals surface area contributed by atoms with Gasteiger partial charge in [-0.1, -0.05) is 38.1 Å². The number of nitrogens with zero attached hydrogens (tertiary/aromatic N) is 1.